The van der Waals surface area contributed by atoms with Gasteiger partial charge in [0.05, 0.1) is 23.9 Å². The number of carbonyl (C=O) groups is 3. The second kappa shape index (κ2) is 8.39. The first-order chi connectivity index (χ1) is 13.9. The molecule has 1 atom stereocenters. The molecule has 3 rings (SSSR count). The Morgan fingerprint density at radius 1 is 1.07 bits per heavy atom. The molecule has 3 aromatic rings. The van der Waals surface area contributed by atoms with Gasteiger partial charge in [0.2, 0.25) is 0 Å². The maximum Gasteiger partial charge on any atom is 0.413 e. The number of benzene rings is 2. The second-order valence-corrected chi connectivity index (χ2v) is 6.15. The summed E-state index contributed by atoms with van der Waals surface area (Å²) >= 11 is 0. The summed E-state index contributed by atoms with van der Waals surface area (Å²) in [6.07, 6.45) is -2.16. The van der Waals surface area contributed by atoms with Crippen molar-refractivity contribution in [2.45, 2.75) is 13.0 Å². The van der Waals surface area contributed by atoms with E-state index in [2.05, 4.69) is 9.72 Å². The Bertz CT molecular complexity index is 1080. The average molecular weight is 394 g/mol. The summed E-state index contributed by atoms with van der Waals surface area (Å²) in [5.74, 6) is -1.43. The standard InChI is InChI=1S/C21H18N2O6/c1-12(19(25)23-21(27)28-2)29-20(26)16-11-18(13-7-9-14(24)10-8-13)22-17-6-4-3-5-15(16)17/h3-12,24H,1-2H3,(H,23,25,27)/t12-/m0/s1. The number of aromatic nitrogens is 1. The van der Waals surface area contributed by atoms with E-state index in [0.29, 0.717) is 22.2 Å². The topological polar surface area (TPSA) is 115 Å². The van der Waals surface area contributed by atoms with E-state index in [1.807, 2.05) is 5.32 Å². The summed E-state index contributed by atoms with van der Waals surface area (Å²) < 4.78 is 9.59. The Morgan fingerprint density at radius 3 is 2.45 bits per heavy atom. The Labute approximate surface area is 166 Å². The number of pyridine rings is 1. The van der Waals surface area contributed by atoms with Gasteiger partial charge in [-0.3, -0.25) is 10.1 Å². The lowest BCUT2D eigenvalue weighted by molar-refractivity contribution is -0.128. The Balaban J connectivity index is 1.95. The molecule has 2 amide bonds. The summed E-state index contributed by atoms with van der Waals surface area (Å²) in [5, 5.41) is 12.0. The molecule has 0 aliphatic rings. The number of amides is 2. The third-order valence-electron chi connectivity index (χ3n) is 4.16. The van der Waals surface area contributed by atoms with Crippen molar-refractivity contribution in [3.8, 4) is 17.0 Å². The quantitative estimate of drug-likeness (QED) is 0.654. The van der Waals surface area contributed by atoms with Crippen LogP contribution in [0.15, 0.2) is 54.6 Å². The van der Waals surface area contributed by atoms with Crippen LogP contribution in [0.5, 0.6) is 5.75 Å². The molecule has 0 radical (unpaired) electrons. The minimum absolute atomic E-state index is 0.111. The summed E-state index contributed by atoms with van der Waals surface area (Å²) in [4.78, 5) is 40.4. The number of nitrogens with one attached hydrogen (secondary N) is 1. The van der Waals surface area contributed by atoms with Crippen LogP contribution < -0.4 is 5.32 Å². The molecule has 0 spiro atoms. The molecule has 0 fully saturated rings. The van der Waals surface area contributed by atoms with E-state index in [4.69, 9.17) is 4.74 Å². The van der Waals surface area contributed by atoms with Gasteiger partial charge in [-0.1, -0.05) is 18.2 Å². The van der Waals surface area contributed by atoms with Gasteiger partial charge in [0.1, 0.15) is 5.75 Å². The number of phenols is 1. The predicted octanol–water partition coefficient (Wildman–Crippen LogP) is 3.04. The molecular weight excluding hydrogens is 376 g/mol. The van der Waals surface area contributed by atoms with Crippen molar-refractivity contribution in [1.82, 2.24) is 10.3 Å². The van der Waals surface area contributed by atoms with Crippen LogP contribution in [0.25, 0.3) is 22.2 Å². The van der Waals surface area contributed by atoms with Crippen LogP contribution in [-0.2, 0) is 14.3 Å². The lowest BCUT2D eigenvalue weighted by Gasteiger charge is -2.14. The third-order valence-corrected chi connectivity index (χ3v) is 4.16. The number of hydrogen-bond donors (Lipinski definition) is 2. The van der Waals surface area contributed by atoms with Gasteiger partial charge in [-0.15, -0.1) is 0 Å². The zero-order valence-corrected chi connectivity index (χ0v) is 15.7. The maximum absolute atomic E-state index is 12.8. The van der Waals surface area contributed by atoms with Gasteiger partial charge in [0, 0.05) is 10.9 Å². The third kappa shape index (κ3) is 4.49. The Hall–Kier alpha value is -3.94. The number of imide groups is 1. The fraction of sp³-hybridized carbons (Fsp3) is 0.143. The van der Waals surface area contributed by atoms with Gasteiger partial charge in [-0.05, 0) is 43.3 Å². The SMILES string of the molecule is COC(=O)NC(=O)[C@H](C)OC(=O)c1cc(-c2ccc(O)cc2)nc2ccccc12. The molecule has 1 heterocycles. The number of fused-ring (bicyclic) bond motifs is 1. The van der Waals surface area contributed by atoms with E-state index >= 15 is 0 Å². The van der Waals surface area contributed by atoms with Crippen molar-refractivity contribution < 1.29 is 29.0 Å². The Morgan fingerprint density at radius 2 is 1.76 bits per heavy atom. The zero-order valence-electron chi connectivity index (χ0n) is 15.7. The largest absolute Gasteiger partial charge is 0.508 e. The van der Waals surface area contributed by atoms with E-state index in [-0.39, 0.29) is 11.3 Å². The second-order valence-electron chi connectivity index (χ2n) is 6.15. The molecule has 0 saturated carbocycles. The first-order valence-corrected chi connectivity index (χ1v) is 8.68. The van der Waals surface area contributed by atoms with E-state index in [1.165, 1.54) is 19.1 Å². The molecule has 0 aliphatic carbocycles. The van der Waals surface area contributed by atoms with Crippen LogP contribution in [0.4, 0.5) is 4.79 Å². The molecule has 8 heteroatoms. The molecule has 8 nitrogen and oxygen atoms in total. The predicted molar refractivity (Wildman–Crippen MR) is 104 cm³/mol. The molecule has 0 saturated heterocycles. The number of hydrogen-bond acceptors (Lipinski definition) is 7. The zero-order chi connectivity index (χ0) is 21.0. The summed E-state index contributed by atoms with van der Waals surface area (Å²) in [5.41, 5.74) is 1.98. The highest BCUT2D eigenvalue weighted by molar-refractivity contribution is 6.05. The first-order valence-electron chi connectivity index (χ1n) is 8.68. The number of esters is 1. The van der Waals surface area contributed by atoms with Gasteiger partial charge in [-0.2, -0.15) is 0 Å². The van der Waals surface area contributed by atoms with Crippen LogP contribution in [0.1, 0.15) is 17.3 Å². The van der Waals surface area contributed by atoms with Crippen molar-refractivity contribution in [3.05, 3.63) is 60.2 Å². The molecule has 0 bridgehead atoms. The average Bonchev–Trinajstić information content (AvgIpc) is 2.73. The van der Waals surface area contributed by atoms with Crippen molar-refractivity contribution in [2.24, 2.45) is 0 Å². The van der Waals surface area contributed by atoms with Crippen molar-refractivity contribution in [3.63, 3.8) is 0 Å². The maximum atomic E-state index is 12.8. The van der Waals surface area contributed by atoms with Crippen LogP contribution in [0, 0.1) is 0 Å². The molecule has 148 valence electrons. The van der Waals surface area contributed by atoms with Crippen LogP contribution in [-0.4, -0.2) is 41.3 Å². The number of alkyl carbamates (subject to hydrolysis) is 1. The first kappa shape index (κ1) is 19.8. The highest BCUT2D eigenvalue weighted by Gasteiger charge is 2.23. The van der Waals surface area contributed by atoms with Gasteiger partial charge >= 0.3 is 12.1 Å². The minimum atomic E-state index is -1.22. The van der Waals surface area contributed by atoms with E-state index < -0.39 is 24.1 Å². The summed E-state index contributed by atoms with van der Waals surface area (Å²) in [7, 11) is 1.12. The highest BCUT2D eigenvalue weighted by atomic mass is 16.6. The van der Waals surface area contributed by atoms with Crippen molar-refractivity contribution in [1.29, 1.82) is 0 Å². The smallest absolute Gasteiger partial charge is 0.413 e. The lowest BCUT2D eigenvalue weighted by Crippen LogP contribution is -2.39. The van der Waals surface area contributed by atoms with Crippen LogP contribution >= 0.6 is 0 Å². The number of nitrogens with zero attached hydrogens (tertiary/aromatic N) is 1. The molecule has 2 N–H and O–H groups in total. The highest BCUT2D eigenvalue weighted by Crippen LogP contribution is 2.26. The number of ether oxygens (including phenoxy) is 2. The number of carbonyl (C=O) groups excluding carboxylic acids is 3. The molecule has 1 aromatic heterocycles. The van der Waals surface area contributed by atoms with Crippen molar-refractivity contribution in [2.75, 3.05) is 7.11 Å². The molecule has 0 aliphatic heterocycles. The normalized spacial score (nSPS) is 11.5. The number of rotatable bonds is 4. The van der Waals surface area contributed by atoms with Crippen LogP contribution in [0.3, 0.4) is 0 Å². The number of phenolic OH excluding ortho intramolecular Hbond substituents is 1. The fourth-order valence-electron chi connectivity index (χ4n) is 2.66. The van der Waals surface area contributed by atoms with Gasteiger partial charge in [0.15, 0.2) is 6.10 Å². The number of para-hydroxylation sites is 1. The number of aromatic hydroxyl groups is 1. The van der Waals surface area contributed by atoms with E-state index in [9.17, 15) is 19.5 Å². The molecule has 0 unspecified atom stereocenters. The Kier molecular flexibility index (Phi) is 5.73. The van der Waals surface area contributed by atoms with Crippen LogP contribution in [0.2, 0.25) is 0 Å². The molecule has 2 aromatic carbocycles. The molecule has 29 heavy (non-hydrogen) atoms. The van der Waals surface area contributed by atoms with Gasteiger partial charge in [-0.25, -0.2) is 14.6 Å². The lowest BCUT2D eigenvalue weighted by atomic mass is 10.0. The van der Waals surface area contributed by atoms with E-state index in [0.717, 1.165) is 7.11 Å². The summed E-state index contributed by atoms with van der Waals surface area (Å²) in [6, 6.07) is 15.0. The minimum Gasteiger partial charge on any atom is -0.508 e. The van der Waals surface area contributed by atoms with E-state index in [1.54, 1.807) is 42.5 Å². The number of methoxy groups -OCH3 is 1. The van der Waals surface area contributed by atoms with Crippen molar-refractivity contribution >= 4 is 28.9 Å². The fourth-order valence-corrected chi connectivity index (χ4v) is 2.66. The van der Waals surface area contributed by atoms with Gasteiger partial charge < -0.3 is 14.6 Å². The van der Waals surface area contributed by atoms with Gasteiger partial charge in [0.25, 0.3) is 5.91 Å². The monoisotopic (exact) mass is 394 g/mol. The summed E-state index contributed by atoms with van der Waals surface area (Å²) in [6.45, 7) is 1.35. The molecular formula is C21H18N2O6.